The van der Waals surface area contributed by atoms with E-state index in [1.807, 2.05) is 30.3 Å². The monoisotopic (exact) mass is 509 g/mol. The number of fused-ring (bicyclic) bond motifs is 2. The lowest BCUT2D eigenvalue weighted by Gasteiger charge is -2.49. The molecule has 0 aromatic heterocycles. The van der Waals surface area contributed by atoms with Crippen LogP contribution in [0.3, 0.4) is 0 Å². The number of imide groups is 1. The standard InChI is InChI=1S/C29H35NO7/c1-2-3-4-5-6-12-17-34-29-23(30-26(32)20-15-10-11-16-21(20)27(30)33)24(31)25-22(36-29)18-35-28(37-25)19-13-8-7-9-14-19/h7-11,13-16,22-25,28-29,31H,2-6,12,17-18H2,1H3/t22-,23-,24-,25-,28?,29-/m1/s1. The second-order valence-corrected chi connectivity index (χ2v) is 9.87. The first-order chi connectivity index (χ1) is 18.1. The van der Waals surface area contributed by atoms with E-state index in [0.29, 0.717) is 17.7 Å². The zero-order valence-electron chi connectivity index (χ0n) is 21.2. The fourth-order valence-electron chi connectivity index (χ4n) is 5.33. The second-order valence-electron chi connectivity index (χ2n) is 9.87. The molecule has 0 aliphatic carbocycles. The Morgan fingerprint density at radius 1 is 0.892 bits per heavy atom. The van der Waals surface area contributed by atoms with Crippen molar-refractivity contribution in [3.8, 4) is 0 Å². The van der Waals surface area contributed by atoms with E-state index in [-0.39, 0.29) is 6.61 Å². The predicted molar refractivity (Wildman–Crippen MR) is 135 cm³/mol. The highest BCUT2D eigenvalue weighted by Crippen LogP contribution is 2.38. The van der Waals surface area contributed by atoms with Gasteiger partial charge in [0.25, 0.3) is 11.8 Å². The van der Waals surface area contributed by atoms with Gasteiger partial charge >= 0.3 is 0 Å². The number of amides is 2. The molecule has 1 N–H and O–H groups in total. The van der Waals surface area contributed by atoms with E-state index in [1.165, 1.54) is 19.3 Å². The summed E-state index contributed by atoms with van der Waals surface area (Å²) < 4.78 is 24.4. The molecule has 198 valence electrons. The third-order valence-corrected chi connectivity index (χ3v) is 7.31. The maximum atomic E-state index is 13.3. The van der Waals surface area contributed by atoms with Crippen LogP contribution in [-0.4, -0.2) is 65.7 Å². The highest BCUT2D eigenvalue weighted by atomic mass is 16.7. The number of rotatable bonds is 10. The lowest BCUT2D eigenvalue weighted by molar-refractivity contribution is -0.349. The van der Waals surface area contributed by atoms with Crippen molar-refractivity contribution in [2.24, 2.45) is 0 Å². The molecule has 0 spiro atoms. The normalized spacial score (nSPS) is 29.3. The number of nitrogens with zero attached hydrogens (tertiary/aromatic N) is 1. The van der Waals surface area contributed by atoms with Crippen molar-refractivity contribution in [3.05, 3.63) is 71.3 Å². The van der Waals surface area contributed by atoms with E-state index in [4.69, 9.17) is 18.9 Å². The van der Waals surface area contributed by atoms with Crippen LogP contribution in [0.15, 0.2) is 54.6 Å². The Labute approximate surface area is 217 Å². The number of hydrogen-bond donors (Lipinski definition) is 1. The molecule has 6 atom stereocenters. The summed E-state index contributed by atoms with van der Waals surface area (Å²) in [5.74, 6) is -0.932. The molecule has 5 rings (SSSR count). The molecular weight excluding hydrogens is 474 g/mol. The van der Waals surface area contributed by atoms with Gasteiger partial charge in [0.1, 0.15) is 24.4 Å². The minimum Gasteiger partial charge on any atom is -0.388 e. The van der Waals surface area contributed by atoms with Crippen LogP contribution < -0.4 is 0 Å². The predicted octanol–water partition coefficient (Wildman–Crippen LogP) is 4.23. The number of aliphatic hydroxyl groups excluding tert-OH is 1. The van der Waals surface area contributed by atoms with Crippen LogP contribution in [0.5, 0.6) is 0 Å². The smallest absolute Gasteiger partial charge is 0.262 e. The van der Waals surface area contributed by atoms with Gasteiger partial charge in [0.05, 0.1) is 17.7 Å². The first kappa shape index (κ1) is 26.0. The number of unbranched alkanes of at least 4 members (excludes halogenated alkanes) is 5. The Morgan fingerprint density at radius 2 is 1.54 bits per heavy atom. The molecule has 2 aromatic carbocycles. The largest absolute Gasteiger partial charge is 0.388 e. The van der Waals surface area contributed by atoms with Crippen LogP contribution in [0.4, 0.5) is 0 Å². The molecule has 0 saturated carbocycles. The minimum absolute atomic E-state index is 0.188. The van der Waals surface area contributed by atoms with Crippen molar-refractivity contribution < 1.29 is 33.6 Å². The van der Waals surface area contributed by atoms with Gasteiger partial charge in [0, 0.05) is 12.2 Å². The van der Waals surface area contributed by atoms with Crippen LogP contribution in [-0.2, 0) is 18.9 Å². The van der Waals surface area contributed by atoms with Gasteiger partial charge in [-0.3, -0.25) is 14.5 Å². The lowest BCUT2D eigenvalue weighted by Crippen LogP contribution is -2.67. The van der Waals surface area contributed by atoms with Gasteiger partial charge in [0.2, 0.25) is 0 Å². The molecule has 2 aromatic rings. The number of ether oxygens (including phenoxy) is 4. The van der Waals surface area contributed by atoms with Crippen molar-refractivity contribution >= 4 is 11.8 Å². The van der Waals surface area contributed by atoms with Gasteiger partial charge in [-0.25, -0.2) is 0 Å². The van der Waals surface area contributed by atoms with E-state index in [1.54, 1.807) is 24.3 Å². The summed E-state index contributed by atoms with van der Waals surface area (Å²) in [6.45, 7) is 2.77. The Bertz CT molecular complexity index is 1040. The molecule has 8 nitrogen and oxygen atoms in total. The molecule has 1 unspecified atom stereocenters. The average Bonchev–Trinajstić information content (AvgIpc) is 3.18. The van der Waals surface area contributed by atoms with Crippen LogP contribution in [0.2, 0.25) is 0 Å². The van der Waals surface area contributed by atoms with Crippen molar-refractivity contribution in [2.45, 2.75) is 82.4 Å². The quantitative estimate of drug-likeness (QED) is 0.378. The highest BCUT2D eigenvalue weighted by molar-refractivity contribution is 6.21. The van der Waals surface area contributed by atoms with Gasteiger partial charge < -0.3 is 24.1 Å². The van der Waals surface area contributed by atoms with E-state index >= 15 is 0 Å². The van der Waals surface area contributed by atoms with E-state index in [0.717, 1.165) is 29.7 Å². The summed E-state index contributed by atoms with van der Waals surface area (Å²) >= 11 is 0. The molecule has 0 radical (unpaired) electrons. The first-order valence-corrected chi connectivity index (χ1v) is 13.3. The number of carbonyl (C=O) groups excluding carboxylic acids is 2. The fraction of sp³-hybridized carbons (Fsp3) is 0.517. The third-order valence-electron chi connectivity index (χ3n) is 7.31. The maximum absolute atomic E-state index is 13.3. The molecule has 8 heteroatoms. The SMILES string of the molecule is CCCCCCCCO[C@@H]1O[C@@H]2COC(c3ccccc3)O[C@H]2[C@H](O)[C@H]1N1C(=O)c2ccccc2C1=O. The summed E-state index contributed by atoms with van der Waals surface area (Å²) in [5.41, 5.74) is 1.44. The second kappa shape index (κ2) is 11.8. The molecule has 37 heavy (non-hydrogen) atoms. The summed E-state index contributed by atoms with van der Waals surface area (Å²) in [7, 11) is 0. The highest BCUT2D eigenvalue weighted by Gasteiger charge is 2.55. The summed E-state index contributed by atoms with van der Waals surface area (Å²) in [4.78, 5) is 27.8. The zero-order chi connectivity index (χ0) is 25.8. The topological polar surface area (TPSA) is 94.5 Å². The van der Waals surface area contributed by atoms with E-state index in [2.05, 4.69) is 6.92 Å². The van der Waals surface area contributed by atoms with Gasteiger partial charge in [-0.15, -0.1) is 0 Å². The summed E-state index contributed by atoms with van der Waals surface area (Å²) in [6.07, 6.45) is 2.25. The molecule has 3 aliphatic heterocycles. The van der Waals surface area contributed by atoms with Crippen molar-refractivity contribution in [3.63, 3.8) is 0 Å². The summed E-state index contributed by atoms with van der Waals surface area (Å²) in [6, 6.07) is 15.1. The van der Waals surface area contributed by atoms with Crippen molar-refractivity contribution in [2.75, 3.05) is 13.2 Å². The number of hydrogen-bond acceptors (Lipinski definition) is 7. The van der Waals surface area contributed by atoms with Gasteiger partial charge in [-0.05, 0) is 18.6 Å². The Balaban J connectivity index is 1.34. The molecule has 0 bridgehead atoms. The number of benzene rings is 2. The van der Waals surface area contributed by atoms with E-state index in [9.17, 15) is 14.7 Å². The number of carbonyl (C=O) groups is 2. The van der Waals surface area contributed by atoms with Crippen LogP contribution >= 0.6 is 0 Å². The van der Waals surface area contributed by atoms with Crippen molar-refractivity contribution in [1.82, 2.24) is 4.90 Å². The fourth-order valence-corrected chi connectivity index (χ4v) is 5.33. The third kappa shape index (κ3) is 5.35. The average molecular weight is 510 g/mol. The lowest BCUT2D eigenvalue weighted by atomic mass is 9.94. The Hall–Kier alpha value is -2.62. The van der Waals surface area contributed by atoms with Crippen LogP contribution in [0, 0.1) is 0 Å². The molecule has 2 fully saturated rings. The molecular formula is C29H35NO7. The molecule has 2 saturated heterocycles. The van der Waals surface area contributed by atoms with Crippen molar-refractivity contribution in [1.29, 1.82) is 0 Å². The molecule has 3 aliphatic rings. The number of aliphatic hydroxyl groups is 1. The minimum atomic E-state index is -1.22. The summed E-state index contributed by atoms with van der Waals surface area (Å²) in [5, 5.41) is 11.6. The van der Waals surface area contributed by atoms with Gasteiger partial charge in [-0.2, -0.15) is 0 Å². The van der Waals surface area contributed by atoms with Gasteiger partial charge in [-0.1, -0.05) is 81.5 Å². The Kier molecular flexibility index (Phi) is 8.32. The molecule has 2 amide bonds. The van der Waals surface area contributed by atoms with E-state index < -0.39 is 48.7 Å². The first-order valence-electron chi connectivity index (χ1n) is 13.3. The van der Waals surface area contributed by atoms with Gasteiger partial charge in [0.15, 0.2) is 12.6 Å². The Morgan fingerprint density at radius 3 is 2.24 bits per heavy atom. The van der Waals surface area contributed by atoms with Crippen LogP contribution in [0.25, 0.3) is 0 Å². The van der Waals surface area contributed by atoms with Crippen LogP contribution in [0.1, 0.15) is 78.0 Å². The maximum Gasteiger partial charge on any atom is 0.262 e. The molecule has 3 heterocycles. The zero-order valence-corrected chi connectivity index (χ0v) is 21.2.